The Kier molecular flexibility index (Phi) is 5.76. The van der Waals surface area contributed by atoms with Crippen LogP contribution >= 0.6 is 0 Å². The van der Waals surface area contributed by atoms with E-state index in [9.17, 15) is 12.8 Å². The highest BCUT2D eigenvalue weighted by molar-refractivity contribution is 7.90. The topological polar surface area (TPSA) is 117 Å². The van der Waals surface area contributed by atoms with Crippen LogP contribution in [0.25, 0.3) is 55.8 Å². The lowest BCUT2D eigenvalue weighted by molar-refractivity contribution is 0.600. The Morgan fingerprint density at radius 1 is 1.00 bits per heavy atom. The van der Waals surface area contributed by atoms with Gasteiger partial charge in [0, 0.05) is 41.5 Å². The minimum absolute atomic E-state index is 0.0475. The number of nitrogens with one attached hydrogen (secondary N) is 2. The number of aryl methyl sites for hydroxylation is 2. The molecule has 0 saturated heterocycles. The number of fused-ring (bicyclic) bond motifs is 2. The second-order valence-corrected chi connectivity index (χ2v) is 11.7. The Labute approximate surface area is 217 Å². The molecule has 0 saturated carbocycles. The predicted molar refractivity (Wildman–Crippen MR) is 146 cm³/mol. The number of nitrogens with zero attached hydrogens (tertiary/aromatic N) is 4. The van der Waals surface area contributed by atoms with Gasteiger partial charge in [-0.3, -0.25) is 10.1 Å². The van der Waals surface area contributed by atoms with E-state index in [2.05, 4.69) is 25.1 Å². The zero-order valence-corrected chi connectivity index (χ0v) is 21.5. The third kappa shape index (κ3) is 4.54. The summed E-state index contributed by atoms with van der Waals surface area (Å²) in [4.78, 5) is 17.0. The highest BCUT2D eigenvalue weighted by Gasteiger charge is 2.17. The third-order valence-corrected chi connectivity index (χ3v) is 7.49. The molecule has 0 aliphatic rings. The Balaban J connectivity index is 1.44. The number of sulfone groups is 1. The first kappa shape index (κ1) is 23.9. The fourth-order valence-electron chi connectivity index (χ4n) is 4.63. The van der Waals surface area contributed by atoms with Crippen molar-refractivity contribution in [3.8, 4) is 33.8 Å². The molecule has 0 spiro atoms. The molecule has 190 valence electrons. The number of H-pyrrole nitrogens is 2. The van der Waals surface area contributed by atoms with Crippen molar-refractivity contribution in [2.75, 3.05) is 12.0 Å². The number of rotatable bonds is 6. The molecule has 0 fully saturated rings. The van der Waals surface area contributed by atoms with Gasteiger partial charge in [-0.25, -0.2) is 22.8 Å². The minimum atomic E-state index is -3.17. The van der Waals surface area contributed by atoms with Gasteiger partial charge < -0.3 is 4.98 Å². The largest absolute Gasteiger partial charge is 0.337 e. The Morgan fingerprint density at radius 2 is 1.87 bits per heavy atom. The Bertz CT molecular complexity index is 1940. The third-order valence-electron chi connectivity index (χ3n) is 6.54. The lowest BCUT2D eigenvalue weighted by atomic mass is 10.0. The van der Waals surface area contributed by atoms with E-state index in [-0.39, 0.29) is 12.2 Å². The second-order valence-electron chi connectivity index (χ2n) is 9.40. The van der Waals surface area contributed by atoms with E-state index in [1.54, 1.807) is 12.4 Å². The summed E-state index contributed by atoms with van der Waals surface area (Å²) in [7, 11) is -3.17. The maximum Gasteiger partial charge on any atom is 0.181 e. The Hall–Kier alpha value is -4.44. The molecule has 0 atom stereocenters. The maximum atomic E-state index is 14.5. The number of aromatic nitrogens is 6. The number of pyridine rings is 2. The molecule has 6 aromatic rings. The second kappa shape index (κ2) is 9.14. The van der Waals surface area contributed by atoms with Crippen molar-refractivity contribution in [1.29, 1.82) is 0 Å². The predicted octanol–water partition coefficient (Wildman–Crippen LogP) is 5.26. The summed E-state index contributed by atoms with van der Waals surface area (Å²) >= 11 is 0. The number of hydrogen-bond acceptors (Lipinski definition) is 6. The molecule has 10 heteroatoms. The van der Waals surface area contributed by atoms with E-state index in [0.717, 1.165) is 33.2 Å². The van der Waals surface area contributed by atoms with Gasteiger partial charge in [0.15, 0.2) is 11.5 Å². The maximum absolute atomic E-state index is 14.5. The molecular formula is C28H23FN6O2S. The van der Waals surface area contributed by atoms with Crippen LogP contribution in [0.2, 0.25) is 0 Å². The van der Waals surface area contributed by atoms with Crippen LogP contribution in [0.5, 0.6) is 0 Å². The fraction of sp³-hybridized carbons (Fsp3) is 0.143. The van der Waals surface area contributed by atoms with E-state index in [4.69, 9.17) is 4.98 Å². The summed E-state index contributed by atoms with van der Waals surface area (Å²) in [6, 6.07) is 14.2. The van der Waals surface area contributed by atoms with Crippen LogP contribution in [-0.4, -0.2) is 50.6 Å². The smallest absolute Gasteiger partial charge is 0.181 e. The van der Waals surface area contributed by atoms with Gasteiger partial charge in [-0.15, -0.1) is 0 Å². The molecule has 6 rings (SSSR count). The number of aromatic amines is 2. The molecule has 8 nitrogen and oxygen atoms in total. The molecule has 0 bridgehead atoms. The van der Waals surface area contributed by atoms with Gasteiger partial charge in [0.05, 0.1) is 22.2 Å². The fourth-order valence-corrected chi connectivity index (χ4v) is 5.24. The zero-order valence-electron chi connectivity index (χ0n) is 20.7. The molecule has 0 aliphatic heterocycles. The molecule has 0 unspecified atom stereocenters. The highest BCUT2D eigenvalue weighted by atomic mass is 32.2. The van der Waals surface area contributed by atoms with Crippen LogP contribution < -0.4 is 0 Å². The molecule has 0 aliphatic carbocycles. The van der Waals surface area contributed by atoms with E-state index < -0.39 is 15.7 Å². The van der Waals surface area contributed by atoms with Crippen molar-refractivity contribution in [3.63, 3.8) is 0 Å². The van der Waals surface area contributed by atoms with E-state index >= 15 is 0 Å². The quantitative estimate of drug-likeness (QED) is 0.306. The van der Waals surface area contributed by atoms with Crippen molar-refractivity contribution in [2.24, 2.45) is 0 Å². The van der Waals surface area contributed by atoms with Gasteiger partial charge in [0.1, 0.15) is 21.3 Å². The molecule has 4 heterocycles. The van der Waals surface area contributed by atoms with Gasteiger partial charge in [0.25, 0.3) is 0 Å². The van der Waals surface area contributed by atoms with E-state index in [1.807, 2.05) is 49.5 Å². The normalized spacial score (nSPS) is 12.0. The van der Waals surface area contributed by atoms with Gasteiger partial charge in [-0.05, 0) is 60.4 Å². The average molecular weight is 527 g/mol. The van der Waals surface area contributed by atoms with Crippen LogP contribution in [0.3, 0.4) is 0 Å². The number of hydrogen-bond donors (Lipinski definition) is 2. The number of imidazole rings is 1. The van der Waals surface area contributed by atoms with Crippen molar-refractivity contribution in [1.82, 2.24) is 30.1 Å². The molecule has 0 amide bonds. The Morgan fingerprint density at radius 3 is 2.68 bits per heavy atom. The van der Waals surface area contributed by atoms with Crippen molar-refractivity contribution in [2.45, 2.75) is 13.3 Å². The van der Waals surface area contributed by atoms with Crippen molar-refractivity contribution >= 4 is 31.9 Å². The summed E-state index contributed by atoms with van der Waals surface area (Å²) < 4.78 is 37.8. The van der Waals surface area contributed by atoms with Crippen LogP contribution in [0.4, 0.5) is 4.39 Å². The number of benzene rings is 2. The standard InChI is InChI=1S/C28H23FN6O2S/c1-16-6-8-30-15-23(16)19-13-22-26(34-35-27(22)31-14-19)28-32-24-5-3-4-21(25(24)33-28)18-10-17(11-20(29)12-18)7-9-38(2,36)37/h3-6,8,10-15H,7,9H2,1-2H3,(H,32,33)(H,31,34,35). The van der Waals surface area contributed by atoms with Crippen molar-refractivity contribution < 1.29 is 12.8 Å². The summed E-state index contributed by atoms with van der Waals surface area (Å²) in [5.74, 6) is 0.0989. The molecule has 4 aromatic heterocycles. The van der Waals surface area contributed by atoms with Crippen molar-refractivity contribution in [3.05, 3.63) is 84.1 Å². The van der Waals surface area contributed by atoms with Crippen LogP contribution in [0, 0.1) is 12.7 Å². The molecule has 0 radical (unpaired) electrons. The van der Waals surface area contributed by atoms with Gasteiger partial charge in [0.2, 0.25) is 0 Å². The van der Waals surface area contributed by atoms with Gasteiger partial charge in [-0.1, -0.05) is 18.2 Å². The molecule has 2 N–H and O–H groups in total. The minimum Gasteiger partial charge on any atom is -0.337 e. The molecule has 38 heavy (non-hydrogen) atoms. The highest BCUT2D eigenvalue weighted by Crippen LogP contribution is 2.33. The zero-order chi connectivity index (χ0) is 26.4. The van der Waals surface area contributed by atoms with Crippen LogP contribution in [-0.2, 0) is 16.3 Å². The monoisotopic (exact) mass is 526 g/mol. The molecular weight excluding hydrogens is 503 g/mol. The SMILES string of the molecule is Cc1ccncc1-c1cnc2n[nH]c(-c3nc4c(-c5cc(F)cc(CCS(C)(=O)=O)c5)cccc4[nH]3)c2c1. The lowest BCUT2D eigenvalue weighted by Crippen LogP contribution is -2.06. The number of halogens is 1. The summed E-state index contributed by atoms with van der Waals surface area (Å²) in [5.41, 5.74) is 7.65. The summed E-state index contributed by atoms with van der Waals surface area (Å²) in [6.45, 7) is 2.03. The van der Waals surface area contributed by atoms with E-state index in [1.165, 1.54) is 18.4 Å². The van der Waals surface area contributed by atoms with Crippen LogP contribution in [0.1, 0.15) is 11.1 Å². The summed E-state index contributed by atoms with van der Waals surface area (Å²) in [5, 5.41) is 8.22. The first-order chi connectivity index (χ1) is 18.2. The van der Waals surface area contributed by atoms with Gasteiger partial charge in [-0.2, -0.15) is 5.10 Å². The van der Waals surface area contributed by atoms with Gasteiger partial charge >= 0.3 is 0 Å². The summed E-state index contributed by atoms with van der Waals surface area (Å²) in [6.07, 6.45) is 6.76. The first-order valence-electron chi connectivity index (χ1n) is 12.0. The average Bonchev–Trinajstić information content (AvgIpc) is 3.50. The number of para-hydroxylation sites is 1. The lowest BCUT2D eigenvalue weighted by Gasteiger charge is -2.07. The first-order valence-corrected chi connectivity index (χ1v) is 14.0. The van der Waals surface area contributed by atoms with Crippen LogP contribution in [0.15, 0.2) is 67.1 Å². The molecule has 2 aromatic carbocycles. The van der Waals surface area contributed by atoms with E-state index in [0.29, 0.717) is 33.8 Å².